The van der Waals surface area contributed by atoms with Crippen LogP contribution in [0.25, 0.3) is 0 Å². The smallest absolute Gasteiger partial charge is 0.247 e. The molecular formula is C24H32N2O. The van der Waals surface area contributed by atoms with Crippen LogP contribution in [0.3, 0.4) is 0 Å². The lowest BCUT2D eigenvalue weighted by molar-refractivity contribution is -0.127. The molecule has 1 fully saturated rings. The van der Waals surface area contributed by atoms with E-state index in [0.717, 1.165) is 25.8 Å². The minimum Gasteiger partial charge on any atom is -0.332 e. The van der Waals surface area contributed by atoms with Crippen LogP contribution in [0.4, 0.5) is 0 Å². The second kappa shape index (κ2) is 9.68. The summed E-state index contributed by atoms with van der Waals surface area (Å²) in [6.07, 6.45) is 23.7. The molecule has 0 aromatic heterocycles. The van der Waals surface area contributed by atoms with Crippen LogP contribution in [0.15, 0.2) is 64.9 Å². The summed E-state index contributed by atoms with van der Waals surface area (Å²) in [6, 6.07) is 0.463. The molecule has 27 heavy (non-hydrogen) atoms. The molecule has 2 aliphatic heterocycles. The summed E-state index contributed by atoms with van der Waals surface area (Å²) in [5, 5.41) is 0. The molecule has 3 nitrogen and oxygen atoms in total. The highest BCUT2D eigenvalue weighted by molar-refractivity contribution is 5.93. The van der Waals surface area contributed by atoms with Gasteiger partial charge in [-0.2, -0.15) is 0 Å². The molecule has 4 aliphatic rings. The Morgan fingerprint density at radius 3 is 2.59 bits per heavy atom. The molecule has 0 N–H and O–H groups in total. The topological polar surface area (TPSA) is 32.7 Å². The fourth-order valence-corrected chi connectivity index (χ4v) is 4.20. The van der Waals surface area contributed by atoms with Crippen molar-refractivity contribution in [1.29, 1.82) is 0 Å². The number of nitrogens with zero attached hydrogens (tertiary/aromatic N) is 2. The van der Waals surface area contributed by atoms with Gasteiger partial charge >= 0.3 is 0 Å². The second-order valence-electron chi connectivity index (χ2n) is 7.88. The number of carbonyl (C=O) groups is 1. The number of hydrogen-bond donors (Lipinski definition) is 0. The fraction of sp³-hybridized carbons (Fsp3) is 0.500. The summed E-state index contributed by atoms with van der Waals surface area (Å²) in [7, 11) is 0. The van der Waals surface area contributed by atoms with Crippen molar-refractivity contribution in [3.63, 3.8) is 0 Å². The molecular weight excluding hydrogens is 332 g/mol. The highest BCUT2D eigenvalue weighted by atomic mass is 16.2. The maximum Gasteiger partial charge on any atom is 0.247 e. The zero-order valence-electron chi connectivity index (χ0n) is 16.6. The standard InChI is InChI=1S/C18H23NO.C6H9N/c1-2-14-8-6-7-11-17(14)15-12-18(20)19(13-15)16-9-4-3-5-10-16;1-6-3-2-4-7-5-6/h2,8,11-12,16H,1,3-7,9-10,13H2;2,4-6H,3H2,1H3. The van der Waals surface area contributed by atoms with Crippen LogP contribution in [0.5, 0.6) is 0 Å². The van der Waals surface area contributed by atoms with Gasteiger partial charge in [0, 0.05) is 31.1 Å². The Morgan fingerprint density at radius 2 is 1.96 bits per heavy atom. The summed E-state index contributed by atoms with van der Waals surface area (Å²) < 4.78 is 0. The molecule has 3 heteroatoms. The Bertz CT molecular complexity index is 702. The largest absolute Gasteiger partial charge is 0.332 e. The highest BCUT2D eigenvalue weighted by Crippen LogP contribution is 2.32. The Kier molecular flexibility index (Phi) is 7.03. The van der Waals surface area contributed by atoms with Crippen LogP contribution >= 0.6 is 0 Å². The van der Waals surface area contributed by atoms with Crippen molar-refractivity contribution in [2.75, 3.05) is 6.54 Å². The van der Waals surface area contributed by atoms with Crippen LogP contribution in [0.2, 0.25) is 0 Å². The molecule has 1 amide bonds. The van der Waals surface area contributed by atoms with E-state index in [1.54, 1.807) is 0 Å². The zero-order chi connectivity index (χ0) is 19.1. The first-order valence-corrected chi connectivity index (χ1v) is 10.4. The summed E-state index contributed by atoms with van der Waals surface area (Å²) in [5.74, 6) is 0.867. The quantitative estimate of drug-likeness (QED) is 0.648. The van der Waals surface area contributed by atoms with Crippen LogP contribution in [0.1, 0.15) is 58.3 Å². The summed E-state index contributed by atoms with van der Waals surface area (Å²) >= 11 is 0. The van der Waals surface area contributed by atoms with Gasteiger partial charge < -0.3 is 4.90 Å². The predicted octanol–water partition coefficient (Wildman–Crippen LogP) is 5.53. The lowest BCUT2D eigenvalue weighted by atomic mass is 9.91. The van der Waals surface area contributed by atoms with Crippen LogP contribution in [-0.2, 0) is 4.79 Å². The van der Waals surface area contributed by atoms with Crippen molar-refractivity contribution < 1.29 is 4.79 Å². The summed E-state index contributed by atoms with van der Waals surface area (Å²) in [6.45, 7) is 6.85. The van der Waals surface area contributed by atoms with Crippen molar-refractivity contribution in [2.45, 2.75) is 64.3 Å². The average molecular weight is 365 g/mol. The molecule has 2 aliphatic carbocycles. The second-order valence-corrected chi connectivity index (χ2v) is 7.88. The van der Waals surface area contributed by atoms with Gasteiger partial charge in [0.1, 0.15) is 0 Å². The van der Waals surface area contributed by atoms with Crippen LogP contribution < -0.4 is 0 Å². The molecule has 0 bridgehead atoms. The van der Waals surface area contributed by atoms with Gasteiger partial charge in [-0.05, 0) is 54.7 Å². The Hall–Kier alpha value is -2.16. The molecule has 0 aromatic carbocycles. The zero-order valence-corrected chi connectivity index (χ0v) is 16.6. The van der Waals surface area contributed by atoms with E-state index < -0.39 is 0 Å². The number of allylic oxidation sites excluding steroid dienone is 5. The van der Waals surface area contributed by atoms with Gasteiger partial charge in [-0.1, -0.05) is 57.1 Å². The molecule has 0 spiro atoms. The van der Waals surface area contributed by atoms with Gasteiger partial charge in [0.25, 0.3) is 0 Å². The minimum absolute atomic E-state index is 0.210. The molecule has 144 valence electrons. The molecule has 1 atom stereocenters. The van der Waals surface area contributed by atoms with Crippen LogP contribution in [-0.4, -0.2) is 29.6 Å². The van der Waals surface area contributed by atoms with Gasteiger partial charge in [-0.3, -0.25) is 9.79 Å². The van der Waals surface area contributed by atoms with E-state index in [1.807, 2.05) is 24.6 Å². The van der Waals surface area contributed by atoms with E-state index >= 15 is 0 Å². The van der Waals surface area contributed by atoms with Crippen molar-refractivity contribution in [2.24, 2.45) is 10.9 Å². The normalized spacial score (nSPS) is 25.4. The van der Waals surface area contributed by atoms with Crippen molar-refractivity contribution in [1.82, 2.24) is 4.90 Å². The van der Waals surface area contributed by atoms with Crippen molar-refractivity contribution in [3.05, 3.63) is 59.9 Å². The van der Waals surface area contributed by atoms with Crippen LogP contribution in [0, 0.1) is 5.92 Å². The lowest BCUT2D eigenvalue weighted by Gasteiger charge is -2.31. The summed E-state index contributed by atoms with van der Waals surface area (Å²) in [4.78, 5) is 18.3. The van der Waals surface area contributed by atoms with Crippen molar-refractivity contribution in [3.8, 4) is 0 Å². The number of carbonyl (C=O) groups excluding carboxylic acids is 1. The van der Waals surface area contributed by atoms with E-state index in [-0.39, 0.29) is 5.91 Å². The molecule has 2 heterocycles. The molecule has 0 radical (unpaired) electrons. The van der Waals surface area contributed by atoms with E-state index in [9.17, 15) is 4.79 Å². The van der Waals surface area contributed by atoms with Crippen molar-refractivity contribution >= 4 is 12.1 Å². The average Bonchev–Trinajstić information content (AvgIpc) is 3.11. The van der Waals surface area contributed by atoms with E-state index in [4.69, 9.17) is 0 Å². The van der Waals surface area contributed by atoms with E-state index in [2.05, 4.69) is 41.6 Å². The maximum absolute atomic E-state index is 12.3. The lowest BCUT2D eigenvalue weighted by Crippen LogP contribution is -2.38. The van der Waals surface area contributed by atoms with E-state index in [1.165, 1.54) is 48.8 Å². The molecule has 0 saturated heterocycles. The predicted molar refractivity (Wildman–Crippen MR) is 114 cm³/mol. The number of aliphatic imine (C=N–C) groups is 1. The monoisotopic (exact) mass is 364 g/mol. The number of amides is 1. The molecule has 1 unspecified atom stereocenters. The Morgan fingerprint density at radius 1 is 1.19 bits per heavy atom. The third kappa shape index (κ3) is 5.18. The van der Waals surface area contributed by atoms with Gasteiger partial charge in [-0.15, -0.1) is 0 Å². The van der Waals surface area contributed by atoms with Gasteiger partial charge in [0.15, 0.2) is 0 Å². The Balaban J connectivity index is 0.000000253. The summed E-state index contributed by atoms with van der Waals surface area (Å²) in [5.41, 5.74) is 3.62. The molecule has 1 saturated carbocycles. The highest BCUT2D eigenvalue weighted by Gasteiger charge is 2.31. The molecule has 4 rings (SSSR count). The van der Waals surface area contributed by atoms with Gasteiger partial charge in [0.2, 0.25) is 5.91 Å². The number of hydrogen-bond acceptors (Lipinski definition) is 2. The SMILES string of the molecule is C=CC1=CCCC=C1C1=CC(=O)N(C2CCCCC2)C1.CC1C=NC=CC1. The third-order valence-corrected chi connectivity index (χ3v) is 5.73. The first-order valence-electron chi connectivity index (χ1n) is 10.4. The first kappa shape index (κ1) is 19.6. The Labute approximate surface area is 163 Å². The van der Waals surface area contributed by atoms with Gasteiger partial charge in [0.05, 0.1) is 0 Å². The minimum atomic E-state index is 0.210. The van der Waals surface area contributed by atoms with Gasteiger partial charge in [-0.25, -0.2) is 0 Å². The number of rotatable bonds is 3. The fourth-order valence-electron chi connectivity index (χ4n) is 4.20. The first-order chi connectivity index (χ1) is 13.2. The van der Waals surface area contributed by atoms with E-state index in [0.29, 0.717) is 12.0 Å². The third-order valence-electron chi connectivity index (χ3n) is 5.73. The molecule has 0 aromatic rings. The maximum atomic E-state index is 12.3.